The van der Waals surface area contributed by atoms with E-state index >= 15 is 0 Å². The standard InChI is InChI=1S/C12H17NO2/c1-8(2)7-9-3-5-10(6-4-9)11(14)12(13)15/h3-6,8,11,14H,7H2,1-2H3,(H2,13,15). The third kappa shape index (κ3) is 3.36. The van der Waals surface area contributed by atoms with Gasteiger partial charge in [-0.05, 0) is 23.5 Å². The molecule has 0 fully saturated rings. The second-order valence-corrected chi connectivity index (χ2v) is 4.14. The van der Waals surface area contributed by atoms with Gasteiger partial charge in [0.15, 0.2) is 6.10 Å². The maximum Gasteiger partial charge on any atom is 0.250 e. The molecule has 1 atom stereocenters. The summed E-state index contributed by atoms with van der Waals surface area (Å²) < 4.78 is 0. The van der Waals surface area contributed by atoms with Crippen molar-refractivity contribution in [2.75, 3.05) is 0 Å². The van der Waals surface area contributed by atoms with Gasteiger partial charge in [-0.15, -0.1) is 0 Å². The molecule has 3 N–H and O–H groups in total. The summed E-state index contributed by atoms with van der Waals surface area (Å²) in [4.78, 5) is 10.7. The molecule has 1 aromatic carbocycles. The van der Waals surface area contributed by atoms with Gasteiger partial charge in [-0.2, -0.15) is 0 Å². The maximum absolute atomic E-state index is 10.7. The predicted octanol–water partition coefficient (Wildman–Crippen LogP) is 1.40. The minimum atomic E-state index is -1.20. The quantitative estimate of drug-likeness (QED) is 0.784. The number of primary amides is 1. The molecule has 0 aliphatic carbocycles. The molecule has 1 unspecified atom stereocenters. The number of aliphatic hydroxyl groups is 1. The van der Waals surface area contributed by atoms with E-state index in [2.05, 4.69) is 13.8 Å². The van der Waals surface area contributed by atoms with Crippen LogP contribution in [-0.2, 0) is 11.2 Å². The largest absolute Gasteiger partial charge is 0.378 e. The van der Waals surface area contributed by atoms with E-state index < -0.39 is 12.0 Å². The zero-order chi connectivity index (χ0) is 11.4. The summed E-state index contributed by atoms with van der Waals surface area (Å²) in [6.07, 6.45) is -0.203. The number of amides is 1. The smallest absolute Gasteiger partial charge is 0.250 e. The van der Waals surface area contributed by atoms with Gasteiger partial charge in [0.2, 0.25) is 0 Å². The molecule has 0 radical (unpaired) electrons. The molecule has 1 amide bonds. The first-order valence-corrected chi connectivity index (χ1v) is 5.07. The van der Waals surface area contributed by atoms with E-state index in [9.17, 15) is 9.90 Å². The van der Waals surface area contributed by atoms with E-state index in [0.29, 0.717) is 11.5 Å². The summed E-state index contributed by atoms with van der Waals surface area (Å²) >= 11 is 0. The van der Waals surface area contributed by atoms with Crippen LogP contribution in [0.25, 0.3) is 0 Å². The number of carbonyl (C=O) groups excluding carboxylic acids is 1. The highest BCUT2D eigenvalue weighted by Crippen LogP contribution is 2.15. The van der Waals surface area contributed by atoms with Gasteiger partial charge in [-0.3, -0.25) is 4.79 Å². The summed E-state index contributed by atoms with van der Waals surface area (Å²) in [6.45, 7) is 4.29. The van der Waals surface area contributed by atoms with Crippen LogP contribution in [0.4, 0.5) is 0 Å². The van der Waals surface area contributed by atoms with Gasteiger partial charge >= 0.3 is 0 Å². The number of carbonyl (C=O) groups is 1. The fourth-order valence-electron chi connectivity index (χ4n) is 1.47. The number of benzene rings is 1. The van der Waals surface area contributed by atoms with Crippen LogP contribution in [0.3, 0.4) is 0 Å². The van der Waals surface area contributed by atoms with Crippen LogP contribution in [0.5, 0.6) is 0 Å². The van der Waals surface area contributed by atoms with E-state index in [0.717, 1.165) is 6.42 Å². The van der Waals surface area contributed by atoms with Crippen molar-refractivity contribution in [1.29, 1.82) is 0 Å². The average molecular weight is 207 g/mol. The van der Waals surface area contributed by atoms with Gasteiger partial charge < -0.3 is 10.8 Å². The van der Waals surface area contributed by atoms with Gasteiger partial charge in [-0.25, -0.2) is 0 Å². The van der Waals surface area contributed by atoms with Crippen LogP contribution < -0.4 is 5.73 Å². The Kier molecular flexibility index (Phi) is 3.86. The Morgan fingerprint density at radius 2 is 1.87 bits per heavy atom. The van der Waals surface area contributed by atoms with Crippen molar-refractivity contribution < 1.29 is 9.90 Å². The number of aliphatic hydroxyl groups excluding tert-OH is 1. The zero-order valence-electron chi connectivity index (χ0n) is 9.10. The SMILES string of the molecule is CC(C)Cc1ccc(C(O)C(N)=O)cc1. The van der Waals surface area contributed by atoms with E-state index in [-0.39, 0.29) is 0 Å². The molecule has 0 aliphatic rings. The highest BCUT2D eigenvalue weighted by Gasteiger charge is 2.12. The molecular formula is C12H17NO2. The van der Waals surface area contributed by atoms with E-state index in [1.807, 2.05) is 12.1 Å². The lowest BCUT2D eigenvalue weighted by atomic mass is 10.0. The van der Waals surface area contributed by atoms with Gasteiger partial charge in [0, 0.05) is 0 Å². The highest BCUT2D eigenvalue weighted by atomic mass is 16.3. The number of nitrogens with two attached hydrogens (primary N) is 1. The average Bonchev–Trinajstić information content (AvgIpc) is 2.17. The lowest BCUT2D eigenvalue weighted by Crippen LogP contribution is -2.20. The Morgan fingerprint density at radius 1 is 1.33 bits per heavy atom. The van der Waals surface area contributed by atoms with Gasteiger partial charge in [-0.1, -0.05) is 38.1 Å². The fraction of sp³-hybridized carbons (Fsp3) is 0.417. The maximum atomic E-state index is 10.7. The molecule has 0 bridgehead atoms. The summed E-state index contributed by atoms with van der Waals surface area (Å²) in [5.74, 6) is -0.122. The molecule has 15 heavy (non-hydrogen) atoms. The summed E-state index contributed by atoms with van der Waals surface area (Å²) in [7, 11) is 0. The first-order chi connectivity index (χ1) is 7.00. The summed E-state index contributed by atoms with van der Waals surface area (Å²) in [5, 5.41) is 9.40. The molecule has 3 nitrogen and oxygen atoms in total. The van der Waals surface area contributed by atoms with Crippen molar-refractivity contribution in [3.63, 3.8) is 0 Å². The van der Waals surface area contributed by atoms with E-state index in [1.165, 1.54) is 5.56 Å². The molecule has 1 rings (SSSR count). The van der Waals surface area contributed by atoms with Crippen LogP contribution in [-0.4, -0.2) is 11.0 Å². The third-order valence-electron chi connectivity index (χ3n) is 2.21. The topological polar surface area (TPSA) is 63.3 Å². The molecule has 0 aliphatic heterocycles. The Hall–Kier alpha value is -1.35. The molecule has 82 valence electrons. The molecule has 0 spiro atoms. The van der Waals surface area contributed by atoms with Crippen molar-refractivity contribution in [2.24, 2.45) is 11.7 Å². The van der Waals surface area contributed by atoms with Gasteiger partial charge in [0.05, 0.1) is 0 Å². The molecule has 3 heteroatoms. The monoisotopic (exact) mass is 207 g/mol. The van der Waals surface area contributed by atoms with Crippen molar-refractivity contribution in [3.8, 4) is 0 Å². The molecule has 1 aromatic rings. The fourth-order valence-corrected chi connectivity index (χ4v) is 1.47. The second kappa shape index (κ2) is 4.94. The Bertz CT molecular complexity index is 330. The van der Waals surface area contributed by atoms with Crippen molar-refractivity contribution >= 4 is 5.91 Å². The van der Waals surface area contributed by atoms with Crippen LogP contribution >= 0.6 is 0 Å². The van der Waals surface area contributed by atoms with Crippen molar-refractivity contribution in [1.82, 2.24) is 0 Å². The van der Waals surface area contributed by atoms with Crippen molar-refractivity contribution in [2.45, 2.75) is 26.4 Å². The van der Waals surface area contributed by atoms with Gasteiger partial charge in [0.1, 0.15) is 0 Å². The van der Waals surface area contributed by atoms with Crippen LogP contribution in [0.15, 0.2) is 24.3 Å². The predicted molar refractivity (Wildman–Crippen MR) is 59.1 cm³/mol. The molecule has 0 aromatic heterocycles. The number of rotatable bonds is 4. The first kappa shape index (κ1) is 11.7. The van der Waals surface area contributed by atoms with Crippen molar-refractivity contribution in [3.05, 3.63) is 35.4 Å². The van der Waals surface area contributed by atoms with Gasteiger partial charge in [0.25, 0.3) is 5.91 Å². The minimum Gasteiger partial charge on any atom is -0.378 e. The molecular weight excluding hydrogens is 190 g/mol. The van der Waals surface area contributed by atoms with E-state index in [1.54, 1.807) is 12.1 Å². The Labute approximate surface area is 89.9 Å². The normalized spacial score (nSPS) is 12.8. The lowest BCUT2D eigenvalue weighted by molar-refractivity contribution is -0.126. The highest BCUT2D eigenvalue weighted by molar-refractivity contribution is 5.80. The molecule has 0 heterocycles. The third-order valence-corrected chi connectivity index (χ3v) is 2.21. The second-order valence-electron chi connectivity index (χ2n) is 4.14. The van der Waals surface area contributed by atoms with Crippen LogP contribution in [0.1, 0.15) is 31.1 Å². The lowest BCUT2D eigenvalue weighted by Gasteiger charge is -2.09. The molecule has 0 saturated heterocycles. The zero-order valence-corrected chi connectivity index (χ0v) is 9.10. The number of hydrogen-bond donors (Lipinski definition) is 2. The first-order valence-electron chi connectivity index (χ1n) is 5.07. The Balaban J connectivity index is 2.76. The summed E-state index contributed by atoms with van der Waals surface area (Å²) in [6, 6.07) is 7.32. The van der Waals surface area contributed by atoms with E-state index in [4.69, 9.17) is 5.73 Å². The summed E-state index contributed by atoms with van der Waals surface area (Å²) in [5.41, 5.74) is 6.75. The number of hydrogen-bond acceptors (Lipinski definition) is 2. The van der Waals surface area contributed by atoms with Crippen LogP contribution in [0.2, 0.25) is 0 Å². The minimum absolute atomic E-state index is 0.551. The van der Waals surface area contributed by atoms with Crippen LogP contribution in [0, 0.1) is 5.92 Å². The molecule has 0 saturated carbocycles. The Morgan fingerprint density at radius 3 is 2.27 bits per heavy atom.